The molecule has 0 saturated carbocycles. The fourth-order valence-corrected chi connectivity index (χ4v) is 2.31. The van der Waals surface area contributed by atoms with E-state index < -0.39 is 21.9 Å². The highest BCUT2D eigenvalue weighted by molar-refractivity contribution is 7.89. The van der Waals surface area contributed by atoms with Crippen LogP contribution in [0.1, 0.15) is 19.8 Å². The van der Waals surface area contributed by atoms with E-state index in [0.717, 1.165) is 10.7 Å². The first-order chi connectivity index (χ1) is 7.44. The van der Waals surface area contributed by atoms with E-state index in [1.807, 2.05) is 6.92 Å². The quantitative estimate of drug-likeness (QED) is 0.458. The molecule has 0 saturated heterocycles. The van der Waals surface area contributed by atoms with Crippen LogP contribution in [0.5, 0.6) is 0 Å². The van der Waals surface area contributed by atoms with Crippen LogP contribution in [-0.4, -0.2) is 41.9 Å². The van der Waals surface area contributed by atoms with E-state index in [0.29, 0.717) is 6.42 Å². The van der Waals surface area contributed by atoms with Crippen molar-refractivity contribution < 1.29 is 13.6 Å². The topological polar surface area (TPSA) is 132 Å². The lowest BCUT2D eigenvalue weighted by molar-refractivity contribution is 0.320. The van der Waals surface area contributed by atoms with Crippen molar-refractivity contribution in [3.63, 3.8) is 0 Å². The van der Waals surface area contributed by atoms with Gasteiger partial charge in [0.1, 0.15) is 0 Å². The van der Waals surface area contributed by atoms with Crippen LogP contribution in [0.25, 0.3) is 0 Å². The zero-order chi connectivity index (χ0) is 12.3. The third kappa shape index (κ3) is 2.13. The molecule has 0 amide bonds. The van der Waals surface area contributed by atoms with Gasteiger partial charge in [0.15, 0.2) is 17.4 Å². The third-order valence-corrected chi connectivity index (χ3v) is 3.37. The molecule has 16 heavy (non-hydrogen) atoms. The zero-order valence-electron chi connectivity index (χ0n) is 8.71. The number of rotatable bonds is 3. The molecule has 1 heterocycles. The maximum Gasteiger partial charge on any atom is 0.347 e. The summed E-state index contributed by atoms with van der Waals surface area (Å²) >= 11 is 0. The van der Waals surface area contributed by atoms with Crippen molar-refractivity contribution in [2.75, 3.05) is 6.54 Å². The number of nitrogens with zero attached hydrogens (tertiary/aromatic N) is 3. The molecular weight excluding hydrogens is 234 g/mol. The van der Waals surface area contributed by atoms with Crippen molar-refractivity contribution >= 4 is 27.6 Å². The van der Waals surface area contributed by atoms with E-state index >= 15 is 0 Å². The van der Waals surface area contributed by atoms with Crippen molar-refractivity contribution in [3.05, 3.63) is 0 Å². The molecule has 0 unspecified atom stereocenters. The number of hydrogen-bond acceptors (Lipinski definition) is 6. The summed E-state index contributed by atoms with van der Waals surface area (Å²) in [6, 6.07) is 0. The summed E-state index contributed by atoms with van der Waals surface area (Å²) in [5.41, 5.74) is 4.93. The van der Waals surface area contributed by atoms with Crippen molar-refractivity contribution in [1.29, 1.82) is 5.41 Å². The summed E-state index contributed by atoms with van der Waals surface area (Å²) in [7, 11) is -3.96. The Kier molecular flexibility index (Phi) is 3.48. The van der Waals surface area contributed by atoms with Gasteiger partial charge in [-0.15, -0.1) is 4.40 Å². The Morgan fingerprint density at radius 3 is 2.75 bits per heavy atom. The molecule has 1 rings (SSSR count). The molecule has 0 fully saturated rings. The van der Waals surface area contributed by atoms with Crippen LogP contribution in [0.15, 0.2) is 9.55 Å². The molecule has 0 aromatic rings. The van der Waals surface area contributed by atoms with E-state index in [9.17, 15) is 8.42 Å². The minimum atomic E-state index is -3.96. The third-order valence-electron chi connectivity index (χ3n) is 2.02. The lowest BCUT2D eigenvalue weighted by atomic mass is 10.3. The van der Waals surface area contributed by atoms with E-state index in [2.05, 4.69) is 9.55 Å². The first kappa shape index (κ1) is 12.4. The molecule has 0 aliphatic carbocycles. The van der Waals surface area contributed by atoms with Crippen LogP contribution in [0, 0.1) is 5.41 Å². The highest BCUT2D eigenvalue weighted by atomic mass is 32.2. The first-order valence-electron chi connectivity index (χ1n) is 4.63. The normalized spacial score (nSPS) is 22.3. The van der Waals surface area contributed by atoms with Gasteiger partial charge in [0, 0.05) is 6.54 Å². The molecule has 0 bridgehead atoms. The number of unbranched alkanes of at least 4 members (excludes halogenated alkanes) is 1. The number of oxime groups is 1. The molecule has 90 valence electrons. The SMILES string of the molecule is CCCCN1C(=N)/C(=N/O)C(N)=NS1(=O)=O. The molecule has 4 N–H and O–H groups in total. The average Bonchev–Trinajstić information content (AvgIpc) is 2.16. The Labute approximate surface area is 93.1 Å². The van der Waals surface area contributed by atoms with Crippen LogP contribution >= 0.6 is 0 Å². The summed E-state index contributed by atoms with van der Waals surface area (Å²) in [4.78, 5) is 0. The second-order valence-electron chi connectivity index (χ2n) is 3.18. The average molecular weight is 247 g/mol. The van der Waals surface area contributed by atoms with Gasteiger partial charge in [0.05, 0.1) is 0 Å². The van der Waals surface area contributed by atoms with Crippen molar-refractivity contribution in [1.82, 2.24) is 4.31 Å². The highest BCUT2D eigenvalue weighted by Crippen LogP contribution is 2.12. The number of nitrogens with one attached hydrogen (secondary N) is 1. The number of hydrogen-bond donors (Lipinski definition) is 3. The van der Waals surface area contributed by atoms with Crippen LogP contribution in [0.2, 0.25) is 0 Å². The van der Waals surface area contributed by atoms with Gasteiger partial charge in [-0.2, -0.15) is 8.42 Å². The van der Waals surface area contributed by atoms with E-state index in [1.54, 1.807) is 0 Å². The maximum absolute atomic E-state index is 11.6. The van der Waals surface area contributed by atoms with Gasteiger partial charge in [-0.05, 0) is 6.42 Å². The molecule has 0 aromatic heterocycles. The van der Waals surface area contributed by atoms with Gasteiger partial charge in [0.2, 0.25) is 0 Å². The molecule has 8 nitrogen and oxygen atoms in total. The Hall–Kier alpha value is -1.64. The summed E-state index contributed by atoms with van der Waals surface area (Å²) in [6.07, 6.45) is 1.35. The second-order valence-corrected chi connectivity index (χ2v) is 4.70. The summed E-state index contributed by atoms with van der Waals surface area (Å²) in [5, 5.41) is 18.9. The van der Waals surface area contributed by atoms with E-state index in [4.69, 9.17) is 16.4 Å². The van der Waals surface area contributed by atoms with Crippen molar-refractivity contribution in [2.24, 2.45) is 15.3 Å². The van der Waals surface area contributed by atoms with Gasteiger partial charge in [0.25, 0.3) is 0 Å². The summed E-state index contributed by atoms with van der Waals surface area (Å²) in [5.74, 6) is -0.927. The molecule has 0 radical (unpaired) electrons. The molecule has 1 aliphatic rings. The monoisotopic (exact) mass is 247 g/mol. The minimum Gasteiger partial charge on any atom is -0.410 e. The van der Waals surface area contributed by atoms with E-state index in [1.165, 1.54) is 0 Å². The maximum atomic E-state index is 11.6. The summed E-state index contributed by atoms with van der Waals surface area (Å²) in [6.45, 7) is 2.01. The molecular formula is C7H13N5O3S. The minimum absolute atomic E-state index is 0.119. The van der Waals surface area contributed by atoms with Gasteiger partial charge in [-0.1, -0.05) is 18.5 Å². The Bertz CT molecular complexity index is 453. The first-order valence-corrected chi connectivity index (χ1v) is 6.03. The number of amidine groups is 2. The lowest BCUT2D eigenvalue weighted by Crippen LogP contribution is -2.49. The second kappa shape index (κ2) is 4.47. The molecule has 0 aromatic carbocycles. The predicted octanol–water partition coefficient (Wildman–Crippen LogP) is -0.488. The highest BCUT2D eigenvalue weighted by Gasteiger charge is 2.34. The molecule has 0 atom stereocenters. The van der Waals surface area contributed by atoms with Crippen LogP contribution in [0.4, 0.5) is 0 Å². The molecule has 1 aliphatic heterocycles. The van der Waals surface area contributed by atoms with Gasteiger partial charge in [-0.25, -0.2) is 4.31 Å². The zero-order valence-corrected chi connectivity index (χ0v) is 9.53. The largest absolute Gasteiger partial charge is 0.410 e. The fourth-order valence-electron chi connectivity index (χ4n) is 1.20. The van der Waals surface area contributed by atoms with E-state index in [-0.39, 0.29) is 12.3 Å². The van der Waals surface area contributed by atoms with Gasteiger partial charge >= 0.3 is 10.2 Å². The van der Waals surface area contributed by atoms with Crippen molar-refractivity contribution in [2.45, 2.75) is 19.8 Å². The standard InChI is InChI=1S/C7H13N5O3S/c1-2-3-4-12-7(9)5(10-13)6(8)11-16(12,14)15/h9,13H,2-4H2,1H3,(H2,8,11)/b9-7?,10-5+. The predicted molar refractivity (Wildman–Crippen MR) is 59.1 cm³/mol. The summed E-state index contributed by atoms with van der Waals surface area (Å²) < 4.78 is 27.1. The van der Waals surface area contributed by atoms with Crippen LogP contribution in [0.3, 0.4) is 0 Å². The number of nitrogens with two attached hydrogens (primary N) is 1. The van der Waals surface area contributed by atoms with Crippen molar-refractivity contribution in [3.8, 4) is 0 Å². The molecule has 9 heteroatoms. The molecule has 0 spiro atoms. The smallest absolute Gasteiger partial charge is 0.347 e. The Balaban J connectivity index is 3.15. The van der Waals surface area contributed by atoms with Gasteiger partial charge < -0.3 is 10.9 Å². The van der Waals surface area contributed by atoms with Crippen LogP contribution in [-0.2, 0) is 10.2 Å². The van der Waals surface area contributed by atoms with Gasteiger partial charge in [-0.3, -0.25) is 5.41 Å². The fraction of sp³-hybridized carbons (Fsp3) is 0.571. The Morgan fingerprint density at radius 1 is 1.62 bits per heavy atom. The Morgan fingerprint density at radius 2 is 2.25 bits per heavy atom. The van der Waals surface area contributed by atoms with Crippen LogP contribution < -0.4 is 5.73 Å². The lowest BCUT2D eigenvalue weighted by Gasteiger charge is -2.25.